The van der Waals surface area contributed by atoms with Crippen LogP contribution in [0.3, 0.4) is 0 Å². The summed E-state index contributed by atoms with van der Waals surface area (Å²) in [5, 5.41) is 19.6. The number of phenolic OH excluding ortho intramolecular Hbond substituents is 1. The molecule has 3 rings (SSSR count). The number of carbonyl (C=O) groups excluding carboxylic acids is 1. The van der Waals surface area contributed by atoms with Gasteiger partial charge >= 0.3 is 0 Å². The van der Waals surface area contributed by atoms with Gasteiger partial charge in [-0.15, -0.1) is 0 Å². The van der Waals surface area contributed by atoms with Gasteiger partial charge in [0.25, 0.3) is 0 Å². The Bertz CT molecular complexity index is 814. The van der Waals surface area contributed by atoms with Crippen molar-refractivity contribution in [3.8, 4) is 11.5 Å². The maximum absolute atomic E-state index is 12.5. The minimum absolute atomic E-state index is 0.0511. The summed E-state index contributed by atoms with van der Waals surface area (Å²) in [6, 6.07) is 12.3. The Morgan fingerprint density at radius 1 is 1.22 bits per heavy atom. The summed E-state index contributed by atoms with van der Waals surface area (Å²) in [5.41, 5.74) is 2.62. The van der Waals surface area contributed by atoms with Gasteiger partial charge in [-0.25, -0.2) is 0 Å². The first kappa shape index (κ1) is 19.2. The van der Waals surface area contributed by atoms with Crippen LogP contribution in [-0.4, -0.2) is 40.2 Å². The van der Waals surface area contributed by atoms with Crippen molar-refractivity contribution in [1.82, 2.24) is 4.90 Å². The van der Waals surface area contributed by atoms with E-state index < -0.39 is 6.10 Å². The standard InChI is InChI=1S/C22H27NO4/c1-22(2)11-10-17-12-15(4-9-20(17)27-22)13-21(26)23(3)14-19(25)16-5-7-18(24)8-6-16/h4-9,12,19,24-25H,10-11,13-14H2,1-3H3. The average molecular weight is 369 g/mol. The Hall–Kier alpha value is -2.53. The predicted octanol–water partition coefficient (Wildman–Crippen LogP) is 3.23. The molecule has 1 heterocycles. The van der Waals surface area contributed by atoms with Gasteiger partial charge in [0.1, 0.15) is 17.1 Å². The number of hydrogen-bond acceptors (Lipinski definition) is 4. The molecule has 5 nitrogen and oxygen atoms in total. The van der Waals surface area contributed by atoms with Gasteiger partial charge in [0.05, 0.1) is 19.1 Å². The van der Waals surface area contributed by atoms with Gasteiger partial charge in [-0.3, -0.25) is 4.79 Å². The van der Waals surface area contributed by atoms with E-state index in [0.29, 0.717) is 5.56 Å². The maximum Gasteiger partial charge on any atom is 0.226 e. The fourth-order valence-electron chi connectivity index (χ4n) is 3.29. The average Bonchev–Trinajstić information content (AvgIpc) is 2.61. The van der Waals surface area contributed by atoms with Crippen LogP contribution in [0.2, 0.25) is 0 Å². The first-order valence-corrected chi connectivity index (χ1v) is 9.25. The summed E-state index contributed by atoms with van der Waals surface area (Å²) >= 11 is 0. The Labute approximate surface area is 160 Å². The molecule has 2 aromatic carbocycles. The van der Waals surface area contributed by atoms with E-state index in [4.69, 9.17) is 4.74 Å². The van der Waals surface area contributed by atoms with E-state index in [-0.39, 0.29) is 30.2 Å². The van der Waals surface area contributed by atoms with Crippen molar-refractivity contribution in [2.75, 3.05) is 13.6 Å². The summed E-state index contributed by atoms with van der Waals surface area (Å²) in [5.74, 6) is 0.999. The summed E-state index contributed by atoms with van der Waals surface area (Å²) < 4.78 is 5.99. The zero-order chi connectivity index (χ0) is 19.6. The second-order valence-electron chi connectivity index (χ2n) is 7.86. The molecule has 0 saturated carbocycles. The predicted molar refractivity (Wildman–Crippen MR) is 104 cm³/mol. The third-order valence-corrected chi connectivity index (χ3v) is 5.01. The lowest BCUT2D eigenvalue weighted by Crippen LogP contribution is -2.33. The number of rotatable bonds is 5. The van der Waals surface area contributed by atoms with E-state index in [0.717, 1.165) is 29.7 Å². The second-order valence-corrected chi connectivity index (χ2v) is 7.86. The van der Waals surface area contributed by atoms with Crippen LogP contribution in [0, 0.1) is 0 Å². The molecule has 144 valence electrons. The Balaban J connectivity index is 1.60. The number of aryl methyl sites for hydroxylation is 1. The molecule has 1 atom stereocenters. The van der Waals surface area contributed by atoms with Crippen molar-refractivity contribution in [2.24, 2.45) is 0 Å². The number of nitrogens with zero attached hydrogens (tertiary/aromatic N) is 1. The van der Waals surface area contributed by atoms with Crippen molar-refractivity contribution in [1.29, 1.82) is 0 Å². The number of aliphatic hydroxyl groups excluding tert-OH is 1. The van der Waals surface area contributed by atoms with Crippen molar-refractivity contribution in [3.05, 3.63) is 59.2 Å². The molecule has 0 radical (unpaired) electrons. The van der Waals surface area contributed by atoms with Crippen LogP contribution in [-0.2, 0) is 17.6 Å². The highest BCUT2D eigenvalue weighted by Crippen LogP contribution is 2.33. The van der Waals surface area contributed by atoms with Crippen molar-refractivity contribution >= 4 is 5.91 Å². The number of fused-ring (bicyclic) bond motifs is 1. The van der Waals surface area contributed by atoms with Crippen molar-refractivity contribution in [2.45, 2.75) is 44.8 Å². The van der Waals surface area contributed by atoms with Gasteiger partial charge in [0.15, 0.2) is 0 Å². The monoisotopic (exact) mass is 369 g/mol. The molecule has 5 heteroatoms. The lowest BCUT2D eigenvalue weighted by atomic mass is 9.93. The fourth-order valence-corrected chi connectivity index (χ4v) is 3.29. The minimum Gasteiger partial charge on any atom is -0.508 e. The molecule has 1 aliphatic heterocycles. The maximum atomic E-state index is 12.5. The van der Waals surface area contributed by atoms with Crippen LogP contribution in [0.1, 0.15) is 43.1 Å². The van der Waals surface area contributed by atoms with E-state index in [1.54, 1.807) is 19.2 Å². The second kappa shape index (κ2) is 7.61. The van der Waals surface area contributed by atoms with Gasteiger partial charge in [-0.05, 0) is 61.6 Å². The van der Waals surface area contributed by atoms with E-state index >= 15 is 0 Å². The minimum atomic E-state index is -0.793. The number of phenols is 1. The van der Waals surface area contributed by atoms with Gasteiger partial charge in [-0.2, -0.15) is 0 Å². The normalized spacial score (nSPS) is 16.1. The molecule has 0 aliphatic carbocycles. The summed E-state index contributed by atoms with van der Waals surface area (Å²) in [7, 11) is 1.69. The fraction of sp³-hybridized carbons (Fsp3) is 0.409. The van der Waals surface area contributed by atoms with Gasteiger partial charge in [0, 0.05) is 7.05 Å². The molecule has 1 amide bonds. The molecule has 1 unspecified atom stereocenters. The van der Waals surface area contributed by atoms with Crippen LogP contribution >= 0.6 is 0 Å². The SMILES string of the molecule is CN(CC(O)c1ccc(O)cc1)C(=O)Cc1ccc2c(c1)CCC(C)(C)O2. The molecule has 2 N–H and O–H groups in total. The van der Waals surface area contributed by atoms with Crippen LogP contribution in [0.4, 0.5) is 0 Å². The third kappa shape index (κ3) is 4.80. The van der Waals surface area contributed by atoms with Crippen LogP contribution in [0.15, 0.2) is 42.5 Å². The van der Waals surface area contributed by atoms with E-state index in [2.05, 4.69) is 13.8 Å². The Kier molecular flexibility index (Phi) is 5.42. The zero-order valence-electron chi connectivity index (χ0n) is 16.1. The molecule has 1 aliphatic rings. The lowest BCUT2D eigenvalue weighted by molar-refractivity contribution is -0.130. The number of carbonyl (C=O) groups is 1. The molecule has 0 bridgehead atoms. The molecule has 0 fully saturated rings. The largest absolute Gasteiger partial charge is 0.508 e. The van der Waals surface area contributed by atoms with Crippen molar-refractivity contribution in [3.63, 3.8) is 0 Å². The molecular weight excluding hydrogens is 342 g/mol. The first-order valence-electron chi connectivity index (χ1n) is 9.25. The van der Waals surface area contributed by atoms with Crippen molar-refractivity contribution < 1.29 is 19.7 Å². The van der Waals surface area contributed by atoms with Gasteiger partial charge in [0.2, 0.25) is 5.91 Å². The highest BCUT2D eigenvalue weighted by molar-refractivity contribution is 5.78. The van der Waals surface area contributed by atoms with Gasteiger partial charge in [-0.1, -0.05) is 24.3 Å². The van der Waals surface area contributed by atoms with Crippen LogP contribution in [0.25, 0.3) is 0 Å². The summed E-state index contributed by atoms with van der Waals surface area (Å²) in [4.78, 5) is 14.1. The molecular formula is C22H27NO4. The van der Waals surface area contributed by atoms with Crippen LogP contribution < -0.4 is 4.74 Å². The van der Waals surface area contributed by atoms with E-state index in [1.165, 1.54) is 17.0 Å². The third-order valence-electron chi connectivity index (χ3n) is 5.01. The number of ether oxygens (including phenoxy) is 1. The Morgan fingerprint density at radius 3 is 2.63 bits per heavy atom. The molecule has 0 saturated heterocycles. The zero-order valence-corrected chi connectivity index (χ0v) is 16.1. The first-order chi connectivity index (χ1) is 12.7. The number of benzene rings is 2. The molecule has 27 heavy (non-hydrogen) atoms. The Morgan fingerprint density at radius 2 is 1.93 bits per heavy atom. The number of hydrogen-bond donors (Lipinski definition) is 2. The smallest absolute Gasteiger partial charge is 0.226 e. The molecule has 2 aromatic rings. The summed E-state index contributed by atoms with van der Waals surface area (Å²) in [6.07, 6.45) is 1.39. The van der Waals surface area contributed by atoms with E-state index in [1.807, 2.05) is 18.2 Å². The highest BCUT2D eigenvalue weighted by atomic mass is 16.5. The number of likely N-dealkylation sites (N-methyl/N-ethyl adjacent to an activating group) is 1. The lowest BCUT2D eigenvalue weighted by Gasteiger charge is -2.32. The quantitative estimate of drug-likeness (QED) is 0.849. The number of aliphatic hydroxyl groups is 1. The number of aromatic hydroxyl groups is 1. The van der Waals surface area contributed by atoms with Gasteiger partial charge < -0.3 is 19.8 Å². The number of amides is 1. The topological polar surface area (TPSA) is 70.0 Å². The van der Waals surface area contributed by atoms with E-state index in [9.17, 15) is 15.0 Å². The summed E-state index contributed by atoms with van der Waals surface area (Å²) in [6.45, 7) is 4.37. The van der Waals surface area contributed by atoms with Crippen LogP contribution in [0.5, 0.6) is 11.5 Å². The molecule has 0 spiro atoms. The highest BCUT2D eigenvalue weighted by Gasteiger charge is 2.26. The molecule has 0 aromatic heterocycles.